The molecule has 0 aliphatic carbocycles. The van der Waals surface area contributed by atoms with Crippen molar-refractivity contribution in [2.75, 3.05) is 51.5 Å². The van der Waals surface area contributed by atoms with Gasteiger partial charge in [-0.1, -0.05) is 6.07 Å². The van der Waals surface area contributed by atoms with Gasteiger partial charge in [0.15, 0.2) is 17.9 Å². The van der Waals surface area contributed by atoms with E-state index in [2.05, 4.69) is 11.0 Å². The van der Waals surface area contributed by atoms with E-state index >= 15 is 0 Å². The number of nitriles is 1. The number of amides is 1. The topological polar surface area (TPSA) is 93.5 Å². The Labute approximate surface area is 228 Å². The van der Waals surface area contributed by atoms with Gasteiger partial charge in [-0.3, -0.25) is 0 Å². The molecule has 0 bridgehead atoms. The van der Waals surface area contributed by atoms with Crippen LogP contribution in [0.2, 0.25) is 0 Å². The SMILES string of the molecule is COc1ccc(CN(CCC2OCC3(CO2)CN(C(=O)OC(C)(C)C)CCO3)c2ccc(C#N)cc2)cc1F. The first kappa shape index (κ1) is 28.6. The Morgan fingerprint density at radius 2 is 1.92 bits per heavy atom. The molecule has 10 heteroatoms. The Morgan fingerprint density at radius 1 is 1.21 bits per heavy atom. The summed E-state index contributed by atoms with van der Waals surface area (Å²) in [7, 11) is 1.43. The molecule has 1 spiro atoms. The highest BCUT2D eigenvalue weighted by Crippen LogP contribution is 2.28. The summed E-state index contributed by atoms with van der Waals surface area (Å²) in [6.07, 6.45) is -0.297. The Balaban J connectivity index is 1.37. The van der Waals surface area contributed by atoms with Crippen LogP contribution in [0.1, 0.15) is 38.3 Å². The van der Waals surface area contributed by atoms with E-state index in [4.69, 9.17) is 28.9 Å². The summed E-state index contributed by atoms with van der Waals surface area (Å²) in [4.78, 5) is 16.3. The standard InChI is InChI=1S/C29H36FN3O6/c1-28(2,3)39-27(34)33-13-14-38-29(18-33)19-36-26(37-20-29)11-12-32(23-8-5-21(16-31)6-9-23)17-22-7-10-25(35-4)24(30)15-22/h5-10,15,26H,11-14,17-20H2,1-4H3. The summed E-state index contributed by atoms with van der Waals surface area (Å²) in [5.74, 6) is -0.233. The predicted molar refractivity (Wildman–Crippen MR) is 142 cm³/mol. The van der Waals surface area contributed by atoms with Gasteiger partial charge in [-0.15, -0.1) is 0 Å². The number of anilines is 1. The normalized spacial score (nSPS) is 21.3. The molecule has 2 aliphatic heterocycles. The summed E-state index contributed by atoms with van der Waals surface area (Å²) in [6, 6.07) is 14.3. The summed E-state index contributed by atoms with van der Waals surface area (Å²) < 4.78 is 43.0. The Morgan fingerprint density at radius 3 is 2.54 bits per heavy atom. The fourth-order valence-electron chi connectivity index (χ4n) is 4.58. The van der Waals surface area contributed by atoms with Crippen LogP contribution in [0.15, 0.2) is 42.5 Å². The van der Waals surface area contributed by atoms with E-state index in [0.29, 0.717) is 44.8 Å². The van der Waals surface area contributed by atoms with Crippen molar-refractivity contribution in [2.45, 2.75) is 51.2 Å². The van der Waals surface area contributed by atoms with Gasteiger partial charge in [0.25, 0.3) is 0 Å². The van der Waals surface area contributed by atoms with Crippen molar-refractivity contribution in [3.63, 3.8) is 0 Å². The van der Waals surface area contributed by atoms with Crippen molar-refractivity contribution < 1.29 is 32.9 Å². The number of ether oxygens (including phenoxy) is 5. The number of carbonyl (C=O) groups is 1. The largest absolute Gasteiger partial charge is 0.494 e. The lowest BCUT2D eigenvalue weighted by atomic mass is 10.0. The van der Waals surface area contributed by atoms with Crippen molar-refractivity contribution in [1.29, 1.82) is 5.26 Å². The van der Waals surface area contributed by atoms with Gasteiger partial charge in [0.2, 0.25) is 0 Å². The molecule has 1 amide bonds. The zero-order valence-corrected chi connectivity index (χ0v) is 22.9. The van der Waals surface area contributed by atoms with Crippen molar-refractivity contribution in [1.82, 2.24) is 4.90 Å². The zero-order chi connectivity index (χ0) is 28.0. The maximum absolute atomic E-state index is 14.3. The number of hydrogen-bond donors (Lipinski definition) is 0. The minimum Gasteiger partial charge on any atom is -0.494 e. The van der Waals surface area contributed by atoms with Gasteiger partial charge >= 0.3 is 6.09 Å². The molecule has 9 nitrogen and oxygen atoms in total. The minimum absolute atomic E-state index is 0.191. The molecule has 0 saturated carbocycles. The van der Waals surface area contributed by atoms with Crippen LogP contribution in [-0.2, 0) is 25.5 Å². The predicted octanol–water partition coefficient (Wildman–Crippen LogP) is 4.48. The average Bonchev–Trinajstić information content (AvgIpc) is 2.91. The second kappa shape index (κ2) is 12.2. The molecule has 2 aromatic rings. The Bertz CT molecular complexity index is 1170. The number of halogens is 1. The van der Waals surface area contributed by atoms with Crippen LogP contribution >= 0.6 is 0 Å². The number of carbonyl (C=O) groups excluding carboxylic acids is 1. The van der Waals surface area contributed by atoms with Gasteiger partial charge in [0.1, 0.15) is 11.2 Å². The second-order valence-corrected chi connectivity index (χ2v) is 10.8. The van der Waals surface area contributed by atoms with Crippen molar-refractivity contribution in [3.8, 4) is 11.8 Å². The highest BCUT2D eigenvalue weighted by molar-refractivity contribution is 5.68. The van der Waals surface area contributed by atoms with E-state index in [1.165, 1.54) is 13.2 Å². The molecule has 0 N–H and O–H groups in total. The van der Waals surface area contributed by atoms with Crippen LogP contribution in [0.5, 0.6) is 5.75 Å². The van der Waals surface area contributed by atoms with E-state index in [1.54, 1.807) is 23.1 Å². The highest BCUT2D eigenvalue weighted by Gasteiger charge is 2.44. The lowest BCUT2D eigenvalue weighted by molar-refractivity contribution is -0.278. The van der Waals surface area contributed by atoms with E-state index in [1.807, 2.05) is 39.0 Å². The monoisotopic (exact) mass is 541 g/mol. The van der Waals surface area contributed by atoms with E-state index < -0.39 is 23.3 Å². The molecular weight excluding hydrogens is 505 g/mol. The summed E-state index contributed by atoms with van der Waals surface area (Å²) in [5.41, 5.74) is 0.914. The van der Waals surface area contributed by atoms with E-state index in [0.717, 1.165) is 11.3 Å². The molecule has 2 fully saturated rings. The zero-order valence-electron chi connectivity index (χ0n) is 22.9. The smallest absolute Gasteiger partial charge is 0.410 e. The third kappa shape index (κ3) is 7.60. The molecule has 0 atom stereocenters. The number of hydrogen-bond acceptors (Lipinski definition) is 8. The minimum atomic E-state index is -0.737. The van der Waals surface area contributed by atoms with E-state index in [-0.39, 0.29) is 25.1 Å². The molecule has 39 heavy (non-hydrogen) atoms. The third-order valence-electron chi connectivity index (χ3n) is 6.55. The van der Waals surface area contributed by atoms with E-state index in [9.17, 15) is 9.18 Å². The number of morpholine rings is 1. The van der Waals surface area contributed by atoms with Gasteiger partial charge in [-0.05, 0) is 62.7 Å². The van der Waals surface area contributed by atoms with Gasteiger partial charge in [0.05, 0.1) is 45.1 Å². The Hall–Kier alpha value is -3.39. The van der Waals surface area contributed by atoms with Gasteiger partial charge in [-0.2, -0.15) is 5.26 Å². The molecule has 0 aromatic heterocycles. The van der Waals surface area contributed by atoms with Gasteiger partial charge in [0, 0.05) is 31.7 Å². The molecule has 0 radical (unpaired) electrons. The first-order valence-corrected chi connectivity index (χ1v) is 13.0. The first-order valence-electron chi connectivity index (χ1n) is 13.0. The number of methoxy groups -OCH3 is 1. The summed E-state index contributed by atoms with van der Waals surface area (Å²) >= 11 is 0. The van der Waals surface area contributed by atoms with Crippen LogP contribution in [0, 0.1) is 17.1 Å². The number of nitrogens with zero attached hydrogens (tertiary/aromatic N) is 3. The van der Waals surface area contributed by atoms with Gasteiger partial charge in [-0.25, -0.2) is 9.18 Å². The molecule has 2 saturated heterocycles. The van der Waals surface area contributed by atoms with Crippen LogP contribution in [0.25, 0.3) is 0 Å². The first-order chi connectivity index (χ1) is 18.6. The molecule has 210 valence electrons. The van der Waals surface area contributed by atoms with Crippen molar-refractivity contribution >= 4 is 11.8 Å². The molecular formula is C29H36FN3O6. The molecule has 2 heterocycles. The Kier molecular flexibility index (Phi) is 8.95. The second-order valence-electron chi connectivity index (χ2n) is 10.8. The fourth-order valence-corrected chi connectivity index (χ4v) is 4.58. The maximum Gasteiger partial charge on any atom is 0.410 e. The van der Waals surface area contributed by atoms with Crippen LogP contribution in [0.3, 0.4) is 0 Å². The highest BCUT2D eigenvalue weighted by atomic mass is 19.1. The van der Waals surface area contributed by atoms with Crippen LogP contribution in [0.4, 0.5) is 14.9 Å². The quantitative estimate of drug-likeness (QED) is 0.507. The van der Waals surface area contributed by atoms with Crippen LogP contribution in [-0.4, -0.2) is 75.0 Å². The summed E-state index contributed by atoms with van der Waals surface area (Å²) in [5, 5.41) is 9.17. The molecule has 0 unspecified atom stereocenters. The van der Waals surface area contributed by atoms with Crippen molar-refractivity contribution in [3.05, 3.63) is 59.4 Å². The van der Waals surface area contributed by atoms with Crippen LogP contribution < -0.4 is 9.64 Å². The summed E-state index contributed by atoms with van der Waals surface area (Å²) in [6.45, 7) is 8.25. The number of rotatable bonds is 7. The van der Waals surface area contributed by atoms with Gasteiger partial charge < -0.3 is 33.5 Å². The molecule has 4 rings (SSSR count). The average molecular weight is 542 g/mol. The lowest BCUT2D eigenvalue weighted by Crippen LogP contribution is -2.61. The third-order valence-corrected chi connectivity index (χ3v) is 6.55. The fraction of sp³-hybridized carbons (Fsp3) is 0.517. The molecule has 2 aliphatic rings. The maximum atomic E-state index is 14.3. The van der Waals surface area contributed by atoms with Crippen molar-refractivity contribution in [2.24, 2.45) is 0 Å². The molecule has 2 aromatic carbocycles. The number of benzene rings is 2. The lowest BCUT2D eigenvalue weighted by Gasteiger charge is -2.45.